The lowest BCUT2D eigenvalue weighted by Gasteiger charge is -2.30. The molecule has 168 valence electrons. The minimum Gasteiger partial charge on any atom is -0.495 e. The summed E-state index contributed by atoms with van der Waals surface area (Å²) < 4.78 is 13.4. The molecule has 2 aliphatic carbocycles. The summed E-state index contributed by atoms with van der Waals surface area (Å²) in [5, 5.41) is 7.13. The molecule has 1 N–H and O–H groups in total. The molecule has 1 saturated carbocycles. The van der Waals surface area contributed by atoms with E-state index >= 15 is 0 Å². The number of rotatable bonds is 5. The Balaban J connectivity index is 1.30. The van der Waals surface area contributed by atoms with E-state index in [9.17, 15) is 4.79 Å². The van der Waals surface area contributed by atoms with Crippen molar-refractivity contribution < 1.29 is 14.3 Å². The molecule has 1 aliphatic heterocycles. The zero-order chi connectivity index (χ0) is 22.2. The molecule has 0 radical (unpaired) electrons. The first kappa shape index (κ1) is 20.7. The number of nitrogens with one attached hydrogen (secondary N) is 1. The first-order chi connectivity index (χ1) is 15.5. The summed E-state index contributed by atoms with van der Waals surface area (Å²) in [6, 6.07) is 1.64. The lowest BCUT2D eigenvalue weighted by molar-refractivity contribution is 0.0962. The van der Waals surface area contributed by atoms with E-state index in [-0.39, 0.29) is 18.1 Å². The minimum absolute atomic E-state index is 0.123. The van der Waals surface area contributed by atoms with Gasteiger partial charge in [0.15, 0.2) is 11.5 Å². The lowest BCUT2D eigenvalue weighted by atomic mass is 9.77. The van der Waals surface area contributed by atoms with E-state index in [2.05, 4.69) is 29.2 Å². The van der Waals surface area contributed by atoms with E-state index in [1.54, 1.807) is 30.1 Å². The number of hydrogen-bond donors (Lipinski definition) is 1. The number of methoxy groups -OCH3 is 1. The van der Waals surface area contributed by atoms with Crippen LogP contribution in [-0.4, -0.2) is 45.7 Å². The summed E-state index contributed by atoms with van der Waals surface area (Å²) in [7, 11) is 1.59. The molecule has 3 aliphatic rings. The van der Waals surface area contributed by atoms with Crippen LogP contribution in [0, 0.1) is 17.8 Å². The van der Waals surface area contributed by atoms with Gasteiger partial charge in [-0.25, -0.2) is 14.5 Å². The normalized spacial score (nSPS) is 27.3. The smallest absolute Gasteiger partial charge is 0.261 e. The highest BCUT2D eigenvalue weighted by Crippen LogP contribution is 2.37. The Morgan fingerprint density at radius 2 is 2.06 bits per heavy atom. The van der Waals surface area contributed by atoms with E-state index in [1.807, 2.05) is 12.2 Å². The SMILES string of the molecule is COC1=CC2N=C([C@H]3CC[C@H](C(C)C)CC3)OC2C=C1NC(=O)c1cnn2cccnc12. The molecular weight excluding hydrogens is 406 g/mol. The van der Waals surface area contributed by atoms with E-state index < -0.39 is 0 Å². The van der Waals surface area contributed by atoms with Gasteiger partial charge < -0.3 is 14.8 Å². The fourth-order valence-corrected chi connectivity index (χ4v) is 4.91. The Kier molecular flexibility index (Phi) is 5.45. The molecule has 5 rings (SSSR count). The first-order valence-corrected chi connectivity index (χ1v) is 11.4. The zero-order valence-corrected chi connectivity index (χ0v) is 18.7. The van der Waals surface area contributed by atoms with Gasteiger partial charge in [-0.05, 0) is 55.7 Å². The summed E-state index contributed by atoms with van der Waals surface area (Å²) in [4.78, 5) is 22.1. The second-order valence-electron chi connectivity index (χ2n) is 9.11. The van der Waals surface area contributed by atoms with Crippen LogP contribution in [0.5, 0.6) is 0 Å². The first-order valence-electron chi connectivity index (χ1n) is 11.4. The molecule has 2 aromatic heterocycles. The van der Waals surface area contributed by atoms with Crippen LogP contribution >= 0.6 is 0 Å². The van der Waals surface area contributed by atoms with Crippen molar-refractivity contribution in [1.82, 2.24) is 19.9 Å². The van der Waals surface area contributed by atoms with Gasteiger partial charge in [-0.15, -0.1) is 0 Å². The van der Waals surface area contributed by atoms with Gasteiger partial charge in [-0.1, -0.05) is 13.8 Å². The molecule has 0 aromatic carbocycles. The van der Waals surface area contributed by atoms with Gasteiger partial charge >= 0.3 is 0 Å². The number of nitrogens with zero attached hydrogens (tertiary/aromatic N) is 4. The Hall–Kier alpha value is -3.16. The third-order valence-electron chi connectivity index (χ3n) is 6.84. The van der Waals surface area contributed by atoms with Gasteiger partial charge in [-0.3, -0.25) is 4.79 Å². The van der Waals surface area contributed by atoms with Gasteiger partial charge in [0.05, 0.1) is 19.0 Å². The Bertz CT molecular complexity index is 1110. The molecule has 0 saturated heterocycles. The van der Waals surface area contributed by atoms with Gasteiger partial charge in [0.1, 0.15) is 23.5 Å². The topological polar surface area (TPSA) is 90.1 Å². The van der Waals surface area contributed by atoms with Gasteiger partial charge in [-0.2, -0.15) is 5.10 Å². The predicted octanol–water partition coefficient (Wildman–Crippen LogP) is 3.52. The molecular formula is C24H29N5O3. The number of fused-ring (bicyclic) bond motifs is 2. The van der Waals surface area contributed by atoms with Gasteiger partial charge in [0.2, 0.25) is 0 Å². The maximum atomic E-state index is 12.9. The zero-order valence-electron chi connectivity index (χ0n) is 18.7. The third-order valence-corrected chi connectivity index (χ3v) is 6.84. The molecule has 1 amide bonds. The summed E-state index contributed by atoms with van der Waals surface area (Å²) in [5.74, 6) is 3.05. The van der Waals surface area contributed by atoms with E-state index in [1.165, 1.54) is 19.0 Å². The van der Waals surface area contributed by atoms with Crippen LogP contribution in [0.2, 0.25) is 0 Å². The van der Waals surface area contributed by atoms with Crippen LogP contribution in [0.3, 0.4) is 0 Å². The maximum absolute atomic E-state index is 12.9. The van der Waals surface area contributed by atoms with Crippen LogP contribution in [0.1, 0.15) is 49.9 Å². The van der Waals surface area contributed by atoms with Crippen molar-refractivity contribution in [3.05, 3.63) is 53.8 Å². The number of carbonyl (C=O) groups excluding carboxylic acids is 1. The average Bonchev–Trinajstić information content (AvgIpc) is 3.42. The largest absolute Gasteiger partial charge is 0.495 e. The molecule has 2 atom stereocenters. The second-order valence-corrected chi connectivity index (χ2v) is 9.11. The standard InChI is InChI=1S/C24H29N5O3/c1-14(2)15-5-7-16(8-6-15)24-28-19-11-20(31-3)18(12-21(19)32-24)27-23(30)17-13-26-29-10-4-9-25-22(17)29/h4,9-16,19,21H,5-8H2,1-3H3,(H,27,30)/t15-,16-,19?,21?. The molecule has 3 heterocycles. The molecule has 2 aromatic rings. The van der Waals surface area contributed by atoms with Crippen molar-refractivity contribution in [3.63, 3.8) is 0 Å². The third kappa shape index (κ3) is 3.78. The van der Waals surface area contributed by atoms with Crippen LogP contribution in [0.15, 0.2) is 53.3 Å². The number of aliphatic imine (C=N–C) groups is 1. The number of hydrogen-bond acceptors (Lipinski definition) is 6. The average molecular weight is 436 g/mol. The lowest BCUT2D eigenvalue weighted by Crippen LogP contribution is -2.32. The van der Waals surface area contributed by atoms with Crippen molar-refractivity contribution in [1.29, 1.82) is 0 Å². The molecule has 0 spiro atoms. The highest BCUT2D eigenvalue weighted by molar-refractivity contribution is 6.00. The molecule has 1 fully saturated rings. The summed E-state index contributed by atoms with van der Waals surface area (Å²) in [5.41, 5.74) is 1.48. The van der Waals surface area contributed by atoms with Crippen molar-refractivity contribution in [2.45, 2.75) is 51.7 Å². The Morgan fingerprint density at radius 3 is 2.81 bits per heavy atom. The Labute approximate surface area is 187 Å². The van der Waals surface area contributed by atoms with Gasteiger partial charge in [0, 0.05) is 18.3 Å². The number of amides is 1. The van der Waals surface area contributed by atoms with Crippen LogP contribution in [0.25, 0.3) is 5.65 Å². The highest BCUT2D eigenvalue weighted by Gasteiger charge is 2.37. The second kappa shape index (κ2) is 8.41. The highest BCUT2D eigenvalue weighted by atomic mass is 16.5. The fourth-order valence-electron chi connectivity index (χ4n) is 4.91. The van der Waals surface area contributed by atoms with Crippen molar-refractivity contribution in [2.24, 2.45) is 22.7 Å². The monoisotopic (exact) mass is 435 g/mol. The summed E-state index contributed by atoms with van der Waals surface area (Å²) in [6.07, 6.45) is 13.2. The van der Waals surface area contributed by atoms with Crippen LogP contribution in [0.4, 0.5) is 0 Å². The molecule has 0 bridgehead atoms. The quantitative estimate of drug-likeness (QED) is 0.776. The molecule has 2 unspecified atom stereocenters. The fraction of sp³-hybridized carbons (Fsp3) is 0.500. The minimum atomic E-state index is -0.294. The van der Waals surface area contributed by atoms with Gasteiger partial charge in [0.25, 0.3) is 5.91 Å². The number of aromatic nitrogens is 3. The van der Waals surface area contributed by atoms with E-state index in [0.717, 1.165) is 30.6 Å². The van der Waals surface area contributed by atoms with E-state index in [4.69, 9.17) is 14.5 Å². The number of carbonyl (C=O) groups is 1. The maximum Gasteiger partial charge on any atom is 0.261 e. The van der Waals surface area contributed by atoms with Crippen LogP contribution in [-0.2, 0) is 9.47 Å². The molecule has 8 heteroatoms. The van der Waals surface area contributed by atoms with Crippen LogP contribution < -0.4 is 5.32 Å². The van der Waals surface area contributed by atoms with Crippen molar-refractivity contribution >= 4 is 17.5 Å². The molecule has 32 heavy (non-hydrogen) atoms. The molecule has 8 nitrogen and oxygen atoms in total. The van der Waals surface area contributed by atoms with E-state index in [0.29, 0.717) is 28.6 Å². The predicted molar refractivity (Wildman–Crippen MR) is 120 cm³/mol. The van der Waals surface area contributed by atoms with Crippen molar-refractivity contribution in [2.75, 3.05) is 7.11 Å². The Morgan fingerprint density at radius 1 is 1.25 bits per heavy atom. The summed E-state index contributed by atoms with van der Waals surface area (Å²) in [6.45, 7) is 4.62. The summed E-state index contributed by atoms with van der Waals surface area (Å²) >= 11 is 0. The van der Waals surface area contributed by atoms with Crippen molar-refractivity contribution in [3.8, 4) is 0 Å². The number of ether oxygens (including phenoxy) is 2.